The largest absolute Gasteiger partial charge is 0.482 e. The first-order valence-corrected chi connectivity index (χ1v) is 8.60. The molecular formula is C18H16Cl2N4O2. The van der Waals surface area contributed by atoms with Crippen molar-refractivity contribution in [3.8, 4) is 11.4 Å². The molecule has 0 unspecified atom stereocenters. The first-order valence-electron chi connectivity index (χ1n) is 7.85. The highest BCUT2D eigenvalue weighted by Gasteiger charge is 2.11. The van der Waals surface area contributed by atoms with Crippen molar-refractivity contribution < 1.29 is 9.53 Å². The molecule has 3 rings (SSSR count). The van der Waals surface area contributed by atoms with E-state index in [1.54, 1.807) is 29.2 Å². The van der Waals surface area contributed by atoms with Crippen LogP contribution in [0.25, 0.3) is 5.69 Å². The van der Waals surface area contributed by atoms with Gasteiger partial charge >= 0.3 is 0 Å². The molecule has 0 fully saturated rings. The van der Waals surface area contributed by atoms with Gasteiger partial charge in [0.05, 0.1) is 16.8 Å². The van der Waals surface area contributed by atoms with E-state index in [2.05, 4.69) is 15.4 Å². The van der Waals surface area contributed by atoms with Crippen molar-refractivity contribution in [3.63, 3.8) is 0 Å². The molecule has 0 aliphatic carbocycles. The fourth-order valence-corrected chi connectivity index (χ4v) is 2.82. The van der Waals surface area contributed by atoms with Crippen molar-refractivity contribution in [1.29, 1.82) is 0 Å². The van der Waals surface area contributed by atoms with E-state index in [-0.39, 0.29) is 18.6 Å². The second kappa shape index (κ2) is 8.21. The lowest BCUT2D eigenvalue weighted by Crippen LogP contribution is -2.31. The zero-order valence-electron chi connectivity index (χ0n) is 13.9. The van der Waals surface area contributed by atoms with Gasteiger partial charge in [-0.25, -0.2) is 9.67 Å². The molecule has 26 heavy (non-hydrogen) atoms. The van der Waals surface area contributed by atoms with Crippen LogP contribution in [0, 0.1) is 0 Å². The summed E-state index contributed by atoms with van der Waals surface area (Å²) >= 11 is 11.9. The summed E-state index contributed by atoms with van der Waals surface area (Å²) in [5, 5.41) is 7.83. The molecule has 0 radical (unpaired) electrons. The fourth-order valence-electron chi connectivity index (χ4n) is 2.36. The molecule has 1 amide bonds. The van der Waals surface area contributed by atoms with E-state index in [1.807, 2.05) is 31.2 Å². The lowest BCUT2D eigenvalue weighted by atomic mass is 10.1. The third-order valence-corrected chi connectivity index (χ3v) is 4.24. The van der Waals surface area contributed by atoms with Crippen molar-refractivity contribution >= 4 is 29.1 Å². The first kappa shape index (κ1) is 18.2. The van der Waals surface area contributed by atoms with Gasteiger partial charge < -0.3 is 10.1 Å². The normalized spacial score (nSPS) is 11.8. The van der Waals surface area contributed by atoms with Gasteiger partial charge in [-0.3, -0.25) is 4.79 Å². The van der Waals surface area contributed by atoms with Crippen molar-refractivity contribution in [3.05, 3.63) is 70.7 Å². The molecule has 0 bridgehead atoms. The molecule has 0 saturated carbocycles. The minimum Gasteiger partial charge on any atom is -0.482 e. The SMILES string of the molecule is C[C@@H](NC(=O)COc1ccc(Cl)cc1Cl)c1ccc(-n2cncn2)cc1. The van der Waals surface area contributed by atoms with E-state index in [0.717, 1.165) is 11.3 Å². The third-order valence-electron chi connectivity index (χ3n) is 3.71. The fraction of sp³-hybridized carbons (Fsp3) is 0.167. The molecule has 1 heterocycles. The van der Waals surface area contributed by atoms with Crippen LogP contribution >= 0.6 is 23.2 Å². The molecule has 1 aromatic heterocycles. The lowest BCUT2D eigenvalue weighted by Gasteiger charge is -2.15. The van der Waals surface area contributed by atoms with Gasteiger partial charge in [-0.1, -0.05) is 35.3 Å². The van der Waals surface area contributed by atoms with Gasteiger partial charge in [-0.2, -0.15) is 5.10 Å². The minimum atomic E-state index is -0.246. The predicted molar refractivity (Wildman–Crippen MR) is 99.9 cm³/mol. The number of carbonyl (C=O) groups excluding carboxylic acids is 1. The number of carbonyl (C=O) groups is 1. The van der Waals surface area contributed by atoms with Gasteiger partial charge in [0.15, 0.2) is 6.61 Å². The third kappa shape index (κ3) is 4.53. The summed E-state index contributed by atoms with van der Waals surface area (Å²) in [4.78, 5) is 16.0. The average Bonchev–Trinajstić information content (AvgIpc) is 3.16. The van der Waals surface area contributed by atoms with E-state index in [4.69, 9.17) is 27.9 Å². The number of nitrogens with one attached hydrogen (secondary N) is 1. The van der Waals surface area contributed by atoms with Crippen LogP contribution in [0.2, 0.25) is 10.0 Å². The van der Waals surface area contributed by atoms with Crippen molar-refractivity contribution in [1.82, 2.24) is 20.1 Å². The van der Waals surface area contributed by atoms with Crippen molar-refractivity contribution in [2.24, 2.45) is 0 Å². The molecule has 6 nitrogen and oxygen atoms in total. The Morgan fingerprint density at radius 1 is 1.23 bits per heavy atom. The maximum atomic E-state index is 12.1. The minimum absolute atomic E-state index is 0.136. The molecule has 1 N–H and O–H groups in total. The Balaban J connectivity index is 1.55. The average molecular weight is 391 g/mol. The Labute approximate surface area is 160 Å². The predicted octanol–water partition coefficient (Wildman–Crippen LogP) is 3.83. The number of aromatic nitrogens is 3. The number of benzene rings is 2. The van der Waals surface area contributed by atoms with Crippen LogP contribution in [-0.4, -0.2) is 27.3 Å². The maximum Gasteiger partial charge on any atom is 0.258 e. The summed E-state index contributed by atoms with van der Waals surface area (Å²) in [6, 6.07) is 12.4. The second-order valence-electron chi connectivity index (χ2n) is 5.58. The zero-order valence-corrected chi connectivity index (χ0v) is 15.4. The summed E-state index contributed by atoms with van der Waals surface area (Å²) in [6.45, 7) is 1.76. The van der Waals surface area contributed by atoms with E-state index in [9.17, 15) is 4.79 Å². The first-order chi connectivity index (χ1) is 12.5. The van der Waals surface area contributed by atoms with Crippen molar-refractivity contribution in [2.45, 2.75) is 13.0 Å². The van der Waals surface area contributed by atoms with Crippen LogP contribution < -0.4 is 10.1 Å². The molecule has 2 aromatic carbocycles. The highest BCUT2D eigenvalue weighted by Crippen LogP contribution is 2.27. The monoisotopic (exact) mass is 390 g/mol. The summed E-state index contributed by atoms with van der Waals surface area (Å²) in [5.41, 5.74) is 1.86. The van der Waals surface area contributed by atoms with Gasteiger partial charge in [-0.05, 0) is 42.8 Å². The highest BCUT2D eigenvalue weighted by molar-refractivity contribution is 6.35. The Morgan fingerprint density at radius 3 is 2.65 bits per heavy atom. The molecule has 134 valence electrons. The van der Waals surface area contributed by atoms with E-state index < -0.39 is 0 Å². The standard InChI is InChI=1S/C18H16Cl2N4O2/c1-12(13-2-5-15(6-3-13)24-11-21-10-22-24)23-18(25)9-26-17-7-4-14(19)8-16(17)20/h2-8,10-12H,9H2,1H3,(H,23,25)/t12-/m1/s1. The highest BCUT2D eigenvalue weighted by atomic mass is 35.5. The van der Waals surface area contributed by atoms with Gasteiger partial charge in [0.2, 0.25) is 0 Å². The molecule has 0 saturated heterocycles. The van der Waals surface area contributed by atoms with Crippen LogP contribution in [0.5, 0.6) is 5.75 Å². The Hall–Kier alpha value is -2.57. The van der Waals surface area contributed by atoms with Gasteiger partial charge in [-0.15, -0.1) is 0 Å². The van der Waals surface area contributed by atoms with Crippen LogP contribution in [0.15, 0.2) is 55.1 Å². The van der Waals surface area contributed by atoms with Gasteiger partial charge in [0, 0.05) is 5.02 Å². The van der Waals surface area contributed by atoms with E-state index in [0.29, 0.717) is 15.8 Å². The summed E-state index contributed by atoms with van der Waals surface area (Å²) in [6.07, 6.45) is 3.10. The topological polar surface area (TPSA) is 69.0 Å². The molecule has 8 heteroatoms. The molecule has 0 aliphatic heterocycles. The number of rotatable bonds is 6. The number of ether oxygens (including phenoxy) is 1. The molecule has 0 aliphatic rings. The summed E-state index contributed by atoms with van der Waals surface area (Å²) in [7, 11) is 0. The number of amides is 1. The Kier molecular flexibility index (Phi) is 5.75. The second-order valence-corrected chi connectivity index (χ2v) is 6.43. The molecule has 3 aromatic rings. The van der Waals surface area contributed by atoms with Crippen LogP contribution in [-0.2, 0) is 4.79 Å². The molecular weight excluding hydrogens is 375 g/mol. The summed E-state index contributed by atoms with van der Waals surface area (Å²) in [5.74, 6) is 0.167. The molecule has 1 atom stereocenters. The van der Waals surface area contributed by atoms with E-state index >= 15 is 0 Å². The number of halogens is 2. The zero-order chi connectivity index (χ0) is 18.5. The maximum absolute atomic E-state index is 12.1. The quantitative estimate of drug-likeness (QED) is 0.694. The molecule has 0 spiro atoms. The summed E-state index contributed by atoms with van der Waals surface area (Å²) < 4.78 is 7.10. The van der Waals surface area contributed by atoms with Crippen LogP contribution in [0.4, 0.5) is 0 Å². The Bertz CT molecular complexity index is 883. The van der Waals surface area contributed by atoms with Crippen LogP contribution in [0.1, 0.15) is 18.5 Å². The smallest absolute Gasteiger partial charge is 0.258 e. The van der Waals surface area contributed by atoms with Crippen molar-refractivity contribution in [2.75, 3.05) is 6.61 Å². The van der Waals surface area contributed by atoms with Gasteiger partial charge in [0.1, 0.15) is 18.4 Å². The number of hydrogen-bond acceptors (Lipinski definition) is 4. The lowest BCUT2D eigenvalue weighted by molar-refractivity contribution is -0.123. The Morgan fingerprint density at radius 2 is 2.00 bits per heavy atom. The van der Waals surface area contributed by atoms with E-state index in [1.165, 1.54) is 6.33 Å². The number of hydrogen-bond donors (Lipinski definition) is 1. The van der Waals surface area contributed by atoms with Crippen LogP contribution in [0.3, 0.4) is 0 Å². The number of nitrogens with zero attached hydrogens (tertiary/aromatic N) is 3. The van der Waals surface area contributed by atoms with Gasteiger partial charge in [0.25, 0.3) is 5.91 Å².